The Balaban J connectivity index is 0.000000337. The van der Waals surface area contributed by atoms with E-state index in [4.69, 9.17) is 22.1 Å². The molecule has 0 aliphatic rings. The van der Waals surface area contributed by atoms with Crippen LogP contribution < -0.4 is 10.9 Å². The van der Waals surface area contributed by atoms with Crippen molar-refractivity contribution in [1.82, 2.24) is 0 Å². The number of nitrogens with zero attached hydrogens (tertiary/aromatic N) is 6. The van der Waals surface area contributed by atoms with E-state index in [1.54, 1.807) is 0 Å². The van der Waals surface area contributed by atoms with Crippen LogP contribution in [0.15, 0.2) is 70.3 Å². The Kier molecular flexibility index (Phi) is 4.91. The molecular weight excluding hydrogens is 356 g/mol. The molecule has 0 aliphatic heterocycles. The van der Waals surface area contributed by atoms with E-state index in [0.717, 1.165) is 37.7 Å². The van der Waals surface area contributed by atoms with E-state index in [0.29, 0.717) is 5.39 Å². The second kappa shape index (κ2) is 7.47. The molecule has 0 saturated heterocycles. The third-order valence-electron chi connectivity index (χ3n) is 4.55. The van der Waals surface area contributed by atoms with Gasteiger partial charge in [0, 0.05) is 10.8 Å². The fraction of sp³-hybridized carbons (Fsp3) is 0. The average Bonchev–Trinajstić information content (AvgIpc) is 2.69. The van der Waals surface area contributed by atoms with Crippen LogP contribution in [0.5, 0.6) is 0 Å². The van der Waals surface area contributed by atoms with Gasteiger partial charge in [0.2, 0.25) is 10.9 Å². The third-order valence-corrected chi connectivity index (χ3v) is 4.55. The van der Waals surface area contributed by atoms with Gasteiger partial charge >= 0.3 is 0 Å². The summed E-state index contributed by atoms with van der Waals surface area (Å²) < 4.78 is 0. The van der Waals surface area contributed by atoms with Crippen molar-refractivity contribution in [2.75, 3.05) is 0 Å². The lowest BCUT2D eigenvalue weighted by atomic mass is 9.90. The van der Waals surface area contributed by atoms with Crippen molar-refractivity contribution in [3.63, 3.8) is 0 Å². The number of hydrogen-bond donors (Lipinski definition) is 0. The highest BCUT2D eigenvalue weighted by molar-refractivity contribution is 6.32. The van der Waals surface area contributed by atoms with Crippen LogP contribution in [0.4, 0.5) is 0 Å². The van der Waals surface area contributed by atoms with Crippen LogP contribution in [0, 0.1) is 0 Å². The van der Waals surface area contributed by atoms with Gasteiger partial charge in [-0.3, -0.25) is 19.4 Å². The minimum Gasteiger partial charge on any atom is -0.373 e. The third kappa shape index (κ3) is 2.77. The van der Waals surface area contributed by atoms with E-state index >= 15 is 0 Å². The zero-order valence-corrected chi connectivity index (χ0v) is 14.3. The second-order valence-electron chi connectivity index (χ2n) is 5.87. The largest absolute Gasteiger partial charge is 0.373 e. The highest BCUT2D eigenvalue weighted by atomic mass is 16.2. The smallest absolute Gasteiger partial charge is 0.234 e. The molecule has 0 bridgehead atoms. The van der Waals surface area contributed by atoms with E-state index in [9.17, 15) is 9.59 Å². The SMILES string of the molecule is O=c1cc2cccc3c4cccc5cccc(c(c1=O)c23)c54.[N-]=[N+]=[N-].[N-]=[N+]=[N-]. The maximum absolute atomic E-state index is 12.5. The standard InChI is InChI=1S/C20H10O2.2N3/c21-16-10-12-6-3-8-14-13-7-1-4-11-5-2-9-15(17(11)13)19(18(12)14)20(16)22;2*1-3-2/h1-10H;;/q;2*-1. The topological polar surface area (TPSA) is 152 Å². The molecule has 0 aliphatic carbocycles. The Morgan fingerprint density at radius 3 is 1.61 bits per heavy atom. The molecular formula is C20H10N6O2-2. The number of benzene rings is 5. The summed E-state index contributed by atoms with van der Waals surface area (Å²) in [6.45, 7) is 0. The maximum atomic E-state index is 12.5. The van der Waals surface area contributed by atoms with E-state index in [-0.39, 0.29) is 0 Å². The predicted octanol–water partition coefficient (Wildman–Crippen LogP) is 5.63. The van der Waals surface area contributed by atoms with Gasteiger partial charge in [-0.15, -0.1) is 0 Å². The zero-order chi connectivity index (χ0) is 20.3. The molecule has 0 aromatic heterocycles. The minimum atomic E-state index is -0.434. The van der Waals surface area contributed by atoms with Crippen LogP contribution in [0.1, 0.15) is 0 Å². The van der Waals surface area contributed by atoms with Crippen molar-refractivity contribution >= 4 is 43.1 Å². The lowest BCUT2D eigenvalue weighted by Crippen LogP contribution is -2.22. The molecule has 0 heterocycles. The zero-order valence-electron chi connectivity index (χ0n) is 14.3. The van der Waals surface area contributed by atoms with Gasteiger partial charge in [0.05, 0.1) is 0 Å². The average molecular weight is 366 g/mol. The summed E-state index contributed by atoms with van der Waals surface area (Å²) in [5.74, 6) is 0. The number of rotatable bonds is 0. The minimum absolute atomic E-state index is 0.401. The molecule has 0 radical (unpaired) electrons. The summed E-state index contributed by atoms with van der Waals surface area (Å²) in [6, 6.07) is 19.4. The highest BCUT2D eigenvalue weighted by Crippen LogP contribution is 2.37. The molecule has 0 unspecified atom stereocenters. The first-order valence-electron chi connectivity index (χ1n) is 8.02. The predicted molar refractivity (Wildman–Crippen MR) is 112 cm³/mol. The Morgan fingerprint density at radius 2 is 1.04 bits per heavy atom. The van der Waals surface area contributed by atoms with E-state index in [1.807, 2.05) is 48.5 Å². The van der Waals surface area contributed by atoms with Crippen LogP contribution in [0.25, 0.3) is 75.0 Å². The molecule has 0 spiro atoms. The van der Waals surface area contributed by atoms with Crippen molar-refractivity contribution in [2.45, 2.75) is 0 Å². The first kappa shape index (κ1) is 18.4. The Hall–Kier alpha value is -4.38. The van der Waals surface area contributed by atoms with Crippen LogP contribution in [0.3, 0.4) is 0 Å². The van der Waals surface area contributed by atoms with E-state index < -0.39 is 10.9 Å². The second-order valence-corrected chi connectivity index (χ2v) is 5.87. The van der Waals surface area contributed by atoms with Gasteiger partial charge in [-0.25, -0.2) is 0 Å². The van der Waals surface area contributed by atoms with Gasteiger partial charge < -0.3 is 22.1 Å². The van der Waals surface area contributed by atoms with Crippen LogP contribution in [-0.4, -0.2) is 0 Å². The molecule has 5 aromatic carbocycles. The maximum Gasteiger partial charge on any atom is 0.234 e. The van der Waals surface area contributed by atoms with Crippen molar-refractivity contribution in [2.24, 2.45) is 0 Å². The van der Waals surface area contributed by atoms with Crippen LogP contribution >= 0.6 is 0 Å². The normalized spacial score (nSPS) is 10.0. The summed E-state index contributed by atoms with van der Waals surface area (Å²) in [6.07, 6.45) is 0. The fourth-order valence-corrected chi connectivity index (χ4v) is 3.67. The number of fused-ring (bicyclic) bond motifs is 2. The molecule has 0 fully saturated rings. The number of hydrogen-bond acceptors (Lipinski definition) is 2. The summed E-state index contributed by atoms with van der Waals surface area (Å²) >= 11 is 0. The summed E-state index contributed by atoms with van der Waals surface area (Å²) in [5.41, 5.74) is 26.2. The van der Waals surface area contributed by atoms with Crippen molar-refractivity contribution in [3.8, 4) is 0 Å². The fourth-order valence-electron chi connectivity index (χ4n) is 3.67. The molecule has 8 heteroatoms. The molecule has 0 atom stereocenters. The van der Waals surface area contributed by atoms with Gasteiger partial charge in [-0.1, -0.05) is 54.6 Å². The Bertz CT molecular complexity index is 1480. The van der Waals surface area contributed by atoms with E-state index in [2.05, 4.69) is 6.07 Å². The van der Waals surface area contributed by atoms with Crippen molar-refractivity contribution < 1.29 is 0 Å². The van der Waals surface area contributed by atoms with Gasteiger partial charge in [-0.05, 0) is 38.4 Å². The van der Waals surface area contributed by atoms with Crippen molar-refractivity contribution in [1.29, 1.82) is 0 Å². The van der Waals surface area contributed by atoms with E-state index in [1.165, 1.54) is 15.9 Å². The Morgan fingerprint density at radius 1 is 0.571 bits per heavy atom. The molecule has 0 N–H and O–H groups in total. The first-order valence-corrected chi connectivity index (χ1v) is 8.02. The molecule has 0 saturated carbocycles. The molecule has 5 rings (SSSR count). The summed E-state index contributed by atoms with van der Waals surface area (Å²) in [4.78, 5) is 27.6. The monoisotopic (exact) mass is 366 g/mol. The van der Waals surface area contributed by atoms with Gasteiger partial charge in [0.25, 0.3) is 0 Å². The molecule has 0 amide bonds. The van der Waals surface area contributed by atoms with Gasteiger partial charge in [-0.2, -0.15) is 0 Å². The van der Waals surface area contributed by atoms with Crippen LogP contribution in [0.2, 0.25) is 0 Å². The highest BCUT2D eigenvalue weighted by Gasteiger charge is 2.15. The first-order chi connectivity index (χ1) is 13.6. The van der Waals surface area contributed by atoms with Crippen molar-refractivity contribution in [3.05, 3.63) is 113 Å². The lowest BCUT2D eigenvalue weighted by molar-refractivity contribution is 1.57. The van der Waals surface area contributed by atoms with Gasteiger partial charge in [0.1, 0.15) is 0 Å². The quantitative estimate of drug-likeness (QED) is 0.0871. The molecule has 134 valence electrons. The molecule has 8 nitrogen and oxygen atoms in total. The summed E-state index contributed by atoms with van der Waals surface area (Å²) in [7, 11) is 0. The Labute approximate surface area is 156 Å². The van der Waals surface area contributed by atoms with Gasteiger partial charge in [0.15, 0.2) is 0 Å². The molecule has 28 heavy (non-hydrogen) atoms. The molecule has 5 aromatic rings. The summed E-state index contributed by atoms with van der Waals surface area (Å²) in [5, 5.41) is 7.49. The lowest BCUT2D eigenvalue weighted by Gasteiger charge is -2.12. The van der Waals surface area contributed by atoms with Crippen LogP contribution in [-0.2, 0) is 0 Å².